The molecule has 2 aromatic rings. The topological polar surface area (TPSA) is 85.2 Å². The molecule has 1 fully saturated rings. The Bertz CT molecular complexity index is 760. The Hall–Kier alpha value is -2.48. The van der Waals surface area contributed by atoms with Crippen LogP contribution in [0.1, 0.15) is 36.0 Å². The first-order valence-electron chi connectivity index (χ1n) is 8.97. The van der Waals surface area contributed by atoms with Gasteiger partial charge in [-0.3, -0.25) is 14.5 Å². The van der Waals surface area contributed by atoms with Crippen LogP contribution in [0.2, 0.25) is 0 Å². The maximum atomic E-state index is 12.6. The number of hydrogen-bond donors (Lipinski definition) is 1. The predicted molar refractivity (Wildman–Crippen MR) is 97.8 cm³/mol. The van der Waals surface area contributed by atoms with Crippen molar-refractivity contribution in [2.45, 2.75) is 39.3 Å². The highest BCUT2D eigenvalue weighted by molar-refractivity contribution is 5.76. The summed E-state index contributed by atoms with van der Waals surface area (Å²) in [6.07, 6.45) is 4.31. The quantitative estimate of drug-likeness (QED) is 0.846. The van der Waals surface area contributed by atoms with E-state index in [0.29, 0.717) is 31.9 Å². The molecule has 0 spiro atoms. The number of aryl methyl sites for hydroxylation is 3. The lowest BCUT2D eigenvalue weighted by Crippen LogP contribution is -2.42. The second kappa shape index (κ2) is 8.27. The van der Waals surface area contributed by atoms with Gasteiger partial charge >= 0.3 is 0 Å². The second-order valence-electron chi connectivity index (χ2n) is 6.49. The molecule has 0 radical (unpaired) electrons. The molecular weight excluding hydrogens is 332 g/mol. The molecule has 140 valence electrons. The number of rotatable bonds is 6. The minimum atomic E-state index is -0.250. The van der Waals surface area contributed by atoms with Gasteiger partial charge in [0.05, 0.1) is 18.8 Å². The predicted octanol–water partition coefficient (Wildman–Crippen LogP) is 1.71. The lowest BCUT2D eigenvalue weighted by atomic mass is 10.1. The zero-order valence-corrected chi connectivity index (χ0v) is 15.6. The van der Waals surface area contributed by atoms with Crippen LogP contribution in [-0.4, -0.2) is 57.3 Å². The first-order valence-corrected chi connectivity index (χ1v) is 8.97. The van der Waals surface area contributed by atoms with Crippen LogP contribution in [0.3, 0.4) is 0 Å². The summed E-state index contributed by atoms with van der Waals surface area (Å²) in [5.41, 5.74) is 2.88. The van der Waals surface area contributed by atoms with Crippen LogP contribution in [0.4, 0.5) is 5.82 Å². The number of nitrogens with zero attached hydrogens (tertiary/aromatic N) is 5. The van der Waals surface area contributed by atoms with Crippen molar-refractivity contribution in [3.8, 4) is 0 Å². The number of ether oxygens (including phenoxy) is 1. The Morgan fingerprint density at radius 2 is 2.15 bits per heavy atom. The van der Waals surface area contributed by atoms with Gasteiger partial charge in [-0.1, -0.05) is 0 Å². The van der Waals surface area contributed by atoms with E-state index in [9.17, 15) is 4.79 Å². The zero-order chi connectivity index (χ0) is 18.5. The molecule has 2 aromatic heterocycles. The normalized spacial score (nSPS) is 17.3. The molecule has 0 aliphatic carbocycles. The summed E-state index contributed by atoms with van der Waals surface area (Å²) in [5, 5.41) is 7.47. The van der Waals surface area contributed by atoms with Crippen LogP contribution < -0.4 is 5.32 Å². The van der Waals surface area contributed by atoms with Gasteiger partial charge in [0, 0.05) is 44.6 Å². The molecule has 1 aliphatic heterocycles. The largest absolute Gasteiger partial charge is 0.372 e. The number of amides is 1. The Kier molecular flexibility index (Phi) is 5.82. The van der Waals surface area contributed by atoms with Crippen molar-refractivity contribution >= 4 is 11.7 Å². The fraction of sp³-hybridized carbons (Fsp3) is 0.556. The van der Waals surface area contributed by atoms with Crippen molar-refractivity contribution in [1.82, 2.24) is 24.6 Å². The van der Waals surface area contributed by atoms with Gasteiger partial charge in [-0.15, -0.1) is 0 Å². The lowest BCUT2D eigenvalue weighted by molar-refractivity contribution is -0.139. The average molecular weight is 358 g/mol. The van der Waals surface area contributed by atoms with Crippen LogP contribution in [0.25, 0.3) is 0 Å². The van der Waals surface area contributed by atoms with E-state index in [-0.39, 0.29) is 12.0 Å². The summed E-state index contributed by atoms with van der Waals surface area (Å²) in [7, 11) is 1.80. The molecule has 3 rings (SSSR count). The standard InChI is InChI=1S/C18H26N6O2/c1-13-11-14(2)24(22-13)8-4-5-16(25)23-9-10-26-15(12-23)17-18(19-3)21-7-6-20-17/h6-7,11,15H,4-5,8-10,12H2,1-3H3,(H,19,21)/t15-/m0/s1. The molecular formula is C18H26N6O2. The van der Waals surface area contributed by atoms with Crippen LogP contribution in [0, 0.1) is 13.8 Å². The summed E-state index contributed by atoms with van der Waals surface area (Å²) in [4.78, 5) is 23.1. The third kappa shape index (κ3) is 4.19. The monoisotopic (exact) mass is 358 g/mol. The molecule has 0 saturated carbocycles. The Morgan fingerprint density at radius 1 is 1.35 bits per heavy atom. The fourth-order valence-electron chi connectivity index (χ4n) is 3.26. The highest BCUT2D eigenvalue weighted by Gasteiger charge is 2.28. The molecule has 3 heterocycles. The van der Waals surface area contributed by atoms with E-state index in [2.05, 4.69) is 26.4 Å². The van der Waals surface area contributed by atoms with Crippen molar-refractivity contribution < 1.29 is 9.53 Å². The highest BCUT2D eigenvalue weighted by Crippen LogP contribution is 2.25. The molecule has 26 heavy (non-hydrogen) atoms. The van der Waals surface area contributed by atoms with E-state index in [4.69, 9.17) is 4.74 Å². The van der Waals surface area contributed by atoms with Crippen LogP contribution in [-0.2, 0) is 16.1 Å². The minimum absolute atomic E-state index is 0.148. The molecule has 1 amide bonds. The van der Waals surface area contributed by atoms with Gasteiger partial charge in [0.1, 0.15) is 17.6 Å². The van der Waals surface area contributed by atoms with Crippen molar-refractivity contribution in [2.24, 2.45) is 0 Å². The second-order valence-corrected chi connectivity index (χ2v) is 6.49. The molecule has 1 saturated heterocycles. The van der Waals surface area contributed by atoms with Gasteiger partial charge in [-0.2, -0.15) is 5.10 Å². The van der Waals surface area contributed by atoms with E-state index >= 15 is 0 Å². The van der Waals surface area contributed by atoms with Crippen LogP contribution in [0.5, 0.6) is 0 Å². The van der Waals surface area contributed by atoms with Crippen LogP contribution >= 0.6 is 0 Å². The number of anilines is 1. The van der Waals surface area contributed by atoms with Gasteiger partial charge in [-0.05, 0) is 26.3 Å². The van der Waals surface area contributed by atoms with E-state index in [1.165, 1.54) is 0 Å². The minimum Gasteiger partial charge on any atom is -0.372 e. The number of nitrogens with one attached hydrogen (secondary N) is 1. The Labute approximate surface area is 153 Å². The number of carbonyl (C=O) groups excluding carboxylic acids is 1. The third-order valence-corrected chi connectivity index (χ3v) is 4.55. The molecule has 0 unspecified atom stereocenters. The molecule has 1 aliphatic rings. The number of hydrogen-bond acceptors (Lipinski definition) is 6. The lowest BCUT2D eigenvalue weighted by Gasteiger charge is -2.33. The van der Waals surface area contributed by atoms with E-state index in [0.717, 1.165) is 30.0 Å². The number of aromatic nitrogens is 4. The maximum absolute atomic E-state index is 12.6. The summed E-state index contributed by atoms with van der Waals surface area (Å²) in [6, 6.07) is 2.05. The highest BCUT2D eigenvalue weighted by atomic mass is 16.5. The molecule has 1 atom stereocenters. The summed E-state index contributed by atoms with van der Waals surface area (Å²) < 4.78 is 7.79. The SMILES string of the molecule is CNc1nccnc1[C@@H]1CN(C(=O)CCCn2nc(C)cc2C)CCO1. The number of carbonyl (C=O) groups is 1. The van der Waals surface area contributed by atoms with Gasteiger partial charge in [0.2, 0.25) is 5.91 Å². The van der Waals surface area contributed by atoms with Crippen molar-refractivity contribution in [1.29, 1.82) is 0 Å². The van der Waals surface area contributed by atoms with Gasteiger partial charge in [0.15, 0.2) is 0 Å². The van der Waals surface area contributed by atoms with Gasteiger partial charge in [-0.25, -0.2) is 4.98 Å². The Balaban J connectivity index is 1.55. The van der Waals surface area contributed by atoms with Gasteiger partial charge < -0.3 is 15.0 Å². The summed E-state index contributed by atoms with van der Waals surface area (Å²) >= 11 is 0. The van der Waals surface area contributed by atoms with Gasteiger partial charge in [0.25, 0.3) is 0 Å². The first kappa shape index (κ1) is 18.3. The average Bonchev–Trinajstić information content (AvgIpc) is 2.99. The van der Waals surface area contributed by atoms with Crippen LogP contribution in [0.15, 0.2) is 18.5 Å². The van der Waals surface area contributed by atoms with E-state index < -0.39 is 0 Å². The third-order valence-electron chi connectivity index (χ3n) is 4.55. The van der Waals surface area contributed by atoms with Crippen molar-refractivity contribution in [3.05, 3.63) is 35.5 Å². The zero-order valence-electron chi connectivity index (χ0n) is 15.6. The molecule has 0 bridgehead atoms. The smallest absolute Gasteiger partial charge is 0.222 e. The summed E-state index contributed by atoms with van der Waals surface area (Å²) in [5.74, 6) is 0.839. The number of morpholine rings is 1. The Morgan fingerprint density at radius 3 is 2.88 bits per heavy atom. The fourth-order valence-corrected chi connectivity index (χ4v) is 3.26. The summed E-state index contributed by atoms with van der Waals surface area (Å²) in [6.45, 7) is 6.40. The van der Waals surface area contributed by atoms with E-state index in [1.54, 1.807) is 19.4 Å². The molecule has 0 aromatic carbocycles. The van der Waals surface area contributed by atoms with Crippen molar-refractivity contribution in [3.63, 3.8) is 0 Å². The van der Waals surface area contributed by atoms with Crippen molar-refractivity contribution in [2.75, 3.05) is 32.1 Å². The maximum Gasteiger partial charge on any atom is 0.222 e. The van der Waals surface area contributed by atoms with E-state index in [1.807, 2.05) is 23.4 Å². The molecule has 8 nitrogen and oxygen atoms in total. The first-order chi connectivity index (χ1) is 12.6. The molecule has 1 N–H and O–H groups in total. The molecule has 8 heteroatoms.